The monoisotopic (exact) mass is 424 g/mol. The molecule has 1 saturated heterocycles. The lowest BCUT2D eigenvalue weighted by Gasteiger charge is -2.48. The third-order valence-electron chi connectivity index (χ3n) is 6.89. The van der Waals surface area contributed by atoms with Gasteiger partial charge in [0.05, 0.1) is 6.67 Å². The van der Waals surface area contributed by atoms with E-state index in [1.54, 1.807) is 0 Å². The molecule has 1 heterocycles. The molecule has 1 aliphatic heterocycles. The first-order valence-corrected chi connectivity index (χ1v) is 13.3. The van der Waals surface area contributed by atoms with Crippen molar-refractivity contribution in [2.45, 2.75) is 111 Å². The molecule has 1 rings (SSSR count). The molecule has 0 aliphatic carbocycles. The van der Waals surface area contributed by atoms with Gasteiger partial charge in [-0.2, -0.15) is 0 Å². The fourth-order valence-corrected chi connectivity index (χ4v) is 5.07. The Labute approximate surface area is 189 Å². The predicted molar refractivity (Wildman–Crippen MR) is 134 cm³/mol. The van der Waals surface area contributed by atoms with Crippen molar-refractivity contribution in [2.75, 3.05) is 45.9 Å². The van der Waals surface area contributed by atoms with Crippen LogP contribution in [0.15, 0.2) is 0 Å². The zero-order chi connectivity index (χ0) is 22.4. The minimum Gasteiger partial charge on any atom is -0.313 e. The van der Waals surface area contributed by atoms with Crippen molar-refractivity contribution in [1.29, 1.82) is 0 Å². The van der Waals surface area contributed by atoms with E-state index in [-0.39, 0.29) is 5.54 Å². The SMILES string of the molecule is CCCCC(CC)CN1CN(CC(CC)CCCC)CC(C)(NCCNC(C)C)C1. The lowest BCUT2D eigenvalue weighted by atomic mass is 9.93. The first-order valence-electron chi connectivity index (χ1n) is 13.3. The van der Waals surface area contributed by atoms with Crippen molar-refractivity contribution in [3.8, 4) is 0 Å². The summed E-state index contributed by atoms with van der Waals surface area (Å²) in [4.78, 5) is 5.53. The van der Waals surface area contributed by atoms with E-state index >= 15 is 0 Å². The molecular weight excluding hydrogens is 368 g/mol. The van der Waals surface area contributed by atoms with Crippen LogP contribution in [0.3, 0.4) is 0 Å². The Hall–Kier alpha value is -0.160. The molecule has 0 aromatic heterocycles. The van der Waals surface area contributed by atoms with Crippen LogP contribution in [0.25, 0.3) is 0 Å². The zero-order valence-electron chi connectivity index (χ0n) is 21.7. The van der Waals surface area contributed by atoms with Crippen LogP contribution in [0.4, 0.5) is 0 Å². The van der Waals surface area contributed by atoms with Gasteiger partial charge >= 0.3 is 0 Å². The molecule has 30 heavy (non-hydrogen) atoms. The van der Waals surface area contributed by atoms with Gasteiger partial charge in [-0.1, -0.05) is 80.1 Å². The Bertz CT molecular complexity index is 386. The molecule has 0 amide bonds. The molecule has 0 spiro atoms. The largest absolute Gasteiger partial charge is 0.313 e. The van der Waals surface area contributed by atoms with E-state index in [4.69, 9.17) is 0 Å². The zero-order valence-corrected chi connectivity index (χ0v) is 21.7. The number of hydrogen-bond acceptors (Lipinski definition) is 4. The number of nitrogens with zero attached hydrogens (tertiary/aromatic N) is 2. The molecule has 0 aromatic rings. The van der Waals surface area contributed by atoms with Crippen molar-refractivity contribution >= 4 is 0 Å². The Kier molecular flexibility index (Phi) is 14.5. The van der Waals surface area contributed by atoms with E-state index in [1.807, 2.05) is 0 Å². The maximum Gasteiger partial charge on any atom is 0.0507 e. The molecule has 2 unspecified atom stereocenters. The van der Waals surface area contributed by atoms with E-state index in [1.165, 1.54) is 77.5 Å². The molecule has 1 aliphatic rings. The highest BCUT2D eigenvalue weighted by Crippen LogP contribution is 2.23. The van der Waals surface area contributed by atoms with Gasteiger partial charge in [0.1, 0.15) is 0 Å². The summed E-state index contributed by atoms with van der Waals surface area (Å²) in [5, 5.41) is 7.50. The standard InChI is InChI=1S/C26H56N4/c1-8-12-14-24(10-3)18-29-20-26(7,28-17-16-27-23(5)6)21-30(22-29)19-25(11-4)15-13-9-2/h23-25,27-28H,8-22H2,1-7H3. The van der Waals surface area contributed by atoms with Gasteiger partial charge in [0.15, 0.2) is 0 Å². The van der Waals surface area contributed by atoms with E-state index < -0.39 is 0 Å². The average molecular weight is 425 g/mol. The topological polar surface area (TPSA) is 30.5 Å². The Morgan fingerprint density at radius 3 is 1.70 bits per heavy atom. The van der Waals surface area contributed by atoms with Crippen molar-refractivity contribution in [3.05, 3.63) is 0 Å². The summed E-state index contributed by atoms with van der Waals surface area (Å²) < 4.78 is 0. The summed E-state index contributed by atoms with van der Waals surface area (Å²) in [7, 11) is 0. The number of nitrogens with one attached hydrogen (secondary N) is 2. The molecule has 2 atom stereocenters. The molecule has 0 radical (unpaired) electrons. The lowest BCUT2D eigenvalue weighted by Crippen LogP contribution is -2.65. The number of hydrogen-bond donors (Lipinski definition) is 2. The minimum atomic E-state index is 0.184. The molecule has 2 N–H and O–H groups in total. The first-order chi connectivity index (χ1) is 14.4. The number of unbranched alkanes of at least 4 members (excludes halogenated alkanes) is 2. The fraction of sp³-hybridized carbons (Fsp3) is 1.00. The summed E-state index contributed by atoms with van der Waals surface area (Å²) in [6.45, 7) is 24.5. The highest BCUT2D eigenvalue weighted by molar-refractivity contribution is 4.94. The summed E-state index contributed by atoms with van der Waals surface area (Å²) in [6, 6.07) is 0.562. The summed E-state index contributed by atoms with van der Waals surface area (Å²) in [6.07, 6.45) is 10.8. The summed E-state index contributed by atoms with van der Waals surface area (Å²) in [5.41, 5.74) is 0.184. The Balaban J connectivity index is 2.75. The van der Waals surface area contributed by atoms with Gasteiger partial charge < -0.3 is 10.6 Å². The smallest absolute Gasteiger partial charge is 0.0507 e. The summed E-state index contributed by atoms with van der Waals surface area (Å²) in [5.74, 6) is 1.69. The highest BCUT2D eigenvalue weighted by atomic mass is 15.4. The van der Waals surface area contributed by atoms with Crippen LogP contribution in [-0.4, -0.2) is 67.3 Å². The second-order valence-electron chi connectivity index (χ2n) is 10.6. The second-order valence-corrected chi connectivity index (χ2v) is 10.6. The maximum atomic E-state index is 3.94. The molecule has 4 heteroatoms. The first kappa shape index (κ1) is 27.9. The molecule has 1 fully saturated rings. The van der Waals surface area contributed by atoms with Crippen molar-refractivity contribution in [2.24, 2.45) is 11.8 Å². The van der Waals surface area contributed by atoms with E-state index in [9.17, 15) is 0 Å². The van der Waals surface area contributed by atoms with Gasteiger partial charge in [0.2, 0.25) is 0 Å². The van der Waals surface area contributed by atoms with Gasteiger partial charge in [-0.05, 0) is 31.6 Å². The van der Waals surface area contributed by atoms with Crippen LogP contribution in [-0.2, 0) is 0 Å². The molecule has 0 saturated carbocycles. The lowest BCUT2D eigenvalue weighted by molar-refractivity contribution is 0.00516. The van der Waals surface area contributed by atoms with Gasteiger partial charge in [-0.15, -0.1) is 0 Å². The van der Waals surface area contributed by atoms with Gasteiger partial charge in [-0.25, -0.2) is 0 Å². The highest BCUT2D eigenvalue weighted by Gasteiger charge is 2.35. The Morgan fingerprint density at radius 2 is 1.30 bits per heavy atom. The molecule has 0 aromatic carbocycles. The average Bonchev–Trinajstić information content (AvgIpc) is 2.71. The normalized spacial score (nSPS) is 23.2. The van der Waals surface area contributed by atoms with Gasteiger partial charge in [-0.3, -0.25) is 9.80 Å². The molecule has 0 bridgehead atoms. The van der Waals surface area contributed by atoms with Crippen LogP contribution in [0.2, 0.25) is 0 Å². The second kappa shape index (κ2) is 15.6. The minimum absolute atomic E-state index is 0.184. The fourth-order valence-electron chi connectivity index (χ4n) is 5.07. The van der Waals surface area contributed by atoms with E-state index in [2.05, 4.69) is 68.9 Å². The van der Waals surface area contributed by atoms with Gasteiger partial charge in [0.25, 0.3) is 0 Å². The van der Waals surface area contributed by atoms with Crippen LogP contribution < -0.4 is 10.6 Å². The van der Waals surface area contributed by atoms with Crippen LogP contribution in [0, 0.1) is 11.8 Å². The summed E-state index contributed by atoms with van der Waals surface area (Å²) >= 11 is 0. The van der Waals surface area contributed by atoms with Gasteiger partial charge in [0, 0.05) is 50.8 Å². The molecular formula is C26H56N4. The maximum absolute atomic E-state index is 3.94. The van der Waals surface area contributed by atoms with E-state index in [0.29, 0.717) is 6.04 Å². The third kappa shape index (κ3) is 11.5. The van der Waals surface area contributed by atoms with Crippen LogP contribution in [0.1, 0.15) is 99.8 Å². The molecule has 180 valence electrons. The molecule has 4 nitrogen and oxygen atoms in total. The predicted octanol–water partition coefficient (Wildman–Crippen LogP) is 5.34. The van der Waals surface area contributed by atoms with Crippen LogP contribution >= 0.6 is 0 Å². The van der Waals surface area contributed by atoms with Crippen LogP contribution in [0.5, 0.6) is 0 Å². The van der Waals surface area contributed by atoms with E-state index in [0.717, 1.165) is 31.6 Å². The third-order valence-corrected chi connectivity index (χ3v) is 6.89. The Morgan fingerprint density at radius 1 is 0.800 bits per heavy atom. The number of rotatable bonds is 17. The van der Waals surface area contributed by atoms with Crippen molar-refractivity contribution in [1.82, 2.24) is 20.4 Å². The quantitative estimate of drug-likeness (QED) is 0.309. The van der Waals surface area contributed by atoms with Crippen molar-refractivity contribution < 1.29 is 0 Å². The van der Waals surface area contributed by atoms with Crippen molar-refractivity contribution in [3.63, 3.8) is 0 Å².